The highest BCUT2D eigenvalue weighted by Crippen LogP contribution is 2.33. The monoisotopic (exact) mass is 308 g/mol. The van der Waals surface area contributed by atoms with Crippen molar-refractivity contribution in [1.82, 2.24) is 10.7 Å². The fraction of sp³-hybridized carbons (Fsp3) is 0.263. The van der Waals surface area contributed by atoms with Gasteiger partial charge < -0.3 is 16.1 Å². The van der Waals surface area contributed by atoms with Crippen LogP contribution in [0.3, 0.4) is 0 Å². The molecule has 1 aliphatic rings. The minimum atomic E-state index is 0.309. The lowest BCUT2D eigenvalue weighted by atomic mass is 9.96. The van der Waals surface area contributed by atoms with Gasteiger partial charge in [-0.25, -0.2) is 5.43 Å². The fourth-order valence-corrected chi connectivity index (χ4v) is 3.02. The van der Waals surface area contributed by atoms with E-state index in [9.17, 15) is 0 Å². The molecule has 0 amide bonds. The quantitative estimate of drug-likeness (QED) is 0.816. The van der Waals surface area contributed by atoms with Crippen molar-refractivity contribution in [3.05, 3.63) is 65.2 Å². The zero-order valence-electron chi connectivity index (χ0n) is 13.9. The molecule has 1 heterocycles. The van der Waals surface area contributed by atoms with Crippen LogP contribution in [0.4, 0.5) is 5.69 Å². The van der Waals surface area contributed by atoms with E-state index in [2.05, 4.69) is 66.0 Å². The summed E-state index contributed by atoms with van der Waals surface area (Å²) in [4.78, 5) is 0. The summed E-state index contributed by atoms with van der Waals surface area (Å²) < 4.78 is 0. The molecule has 0 unspecified atom stereocenters. The maximum Gasteiger partial charge on any atom is 0.0659 e. The Bertz CT molecular complexity index is 734. The van der Waals surface area contributed by atoms with Crippen molar-refractivity contribution >= 4 is 17.1 Å². The molecule has 0 aliphatic carbocycles. The second kappa shape index (κ2) is 6.34. The number of rotatable bonds is 3. The molecule has 4 nitrogen and oxygen atoms in total. The normalized spacial score (nSPS) is 17.3. The molecule has 0 fully saturated rings. The molecule has 120 valence electrons. The van der Waals surface area contributed by atoms with Gasteiger partial charge in [0.1, 0.15) is 0 Å². The number of nitrogens with two attached hydrogens (primary N) is 1. The highest BCUT2D eigenvalue weighted by atomic mass is 15.5. The van der Waals surface area contributed by atoms with Gasteiger partial charge in [-0.2, -0.15) is 0 Å². The Morgan fingerprint density at radius 3 is 2.35 bits per heavy atom. The van der Waals surface area contributed by atoms with Gasteiger partial charge in [0, 0.05) is 24.2 Å². The number of nitrogens with one attached hydrogen (secondary N) is 2. The number of benzene rings is 2. The number of hydrazine groups is 1. The predicted molar refractivity (Wildman–Crippen MR) is 97.4 cm³/mol. The molecule has 4 N–H and O–H groups in total. The fourth-order valence-electron chi connectivity index (χ4n) is 3.02. The van der Waals surface area contributed by atoms with Crippen LogP contribution in [0.25, 0.3) is 11.4 Å². The summed E-state index contributed by atoms with van der Waals surface area (Å²) in [5.74, 6) is 0. The minimum Gasteiger partial charge on any atom is -0.396 e. The molecule has 3 rings (SSSR count). The lowest BCUT2D eigenvalue weighted by Crippen LogP contribution is -2.37. The number of para-hydroxylation sites is 1. The van der Waals surface area contributed by atoms with Crippen LogP contribution in [-0.4, -0.2) is 13.1 Å². The van der Waals surface area contributed by atoms with Gasteiger partial charge in [0.25, 0.3) is 0 Å². The summed E-state index contributed by atoms with van der Waals surface area (Å²) in [7, 11) is 1.94. The van der Waals surface area contributed by atoms with E-state index < -0.39 is 0 Å². The van der Waals surface area contributed by atoms with E-state index in [1.54, 1.807) is 0 Å². The Morgan fingerprint density at radius 1 is 1.00 bits per heavy atom. The summed E-state index contributed by atoms with van der Waals surface area (Å²) in [6.07, 6.45) is 0. The summed E-state index contributed by atoms with van der Waals surface area (Å²) >= 11 is 0. The van der Waals surface area contributed by atoms with Crippen LogP contribution in [-0.2, 0) is 6.54 Å². The molecule has 4 heteroatoms. The van der Waals surface area contributed by atoms with Gasteiger partial charge in [0.2, 0.25) is 0 Å². The largest absolute Gasteiger partial charge is 0.396 e. The number of fused-ring (bicyclic) bond motifs is 2. The van der Waals surface area contributed by atoms with Crippen LogP contribution < -0.4 is 21.5 Å². The van der Waals surface area contributed by atoms with E-state index in [1.807, 2.05) is 19.2 Å². The van der Waals surface area contributed by atoms with Gasteiger partial charge in [-0.1, -0.05) is 42.5 Å². The molecule has 2 aromatic carbocycles. The first-order chi connectivity index (χ1) is 11.1. The molecule has 23 heavy (non-hydrogen) atoms. The topological polar surface area (TPSA) is 53.3 Å². The Kier molecular flexibility index (Phi) is 4.26. The van der Waals surface area contributed by atoms with Crippen molar-refractivity contribution in [2.45, 2.75) is 26.4 Å². The van der Waals surface area contributed by atoms with Gasteiger partial charge in [-0.3, -0.25) is 0 Å². The number of hydrogen-bond acceptors (Lipinski definition) is 4. The van der Waals surface area contributed by atoms with Crippen molar-refractivity contribution in [2.75, 3.05) is 12.1 Å². The Labute approximate surface area is 138 Å². The van der Waals surface area contributed by atoms with Gasteiger partial charge in [-0.05, 0) is 25.5 Å². The third-order valence-electron chi connectivity index (χ3n) is 4.07. The van der Waals surface area contributed by atoms with Gasteiger partial charge in [0.15, 0.2) is 0 Å². The van der Waals surface area contributed by atoms with Crippen molar-refractivity contribution in [3.8, 4) is 0 Å². The van der Waals surface area contributed by atoms with E-state index in [0.717, 1.165) is 34.8 Å². The molecule has 0 radical (unpaired) electrons. The van der Waals surface area contributed by atoms with Gasteiger partial charge in [-0.15, -0.1) is 0 Å². The number of nitrogens with zero attached hydrogens (tertiary/aromatic N) is 1. The zero-order valence-corrected chi connectivity index (χ0v) is 13.9. The first kappa shape index (κ1) is 15.4. The zero-order chi connectivity index (χ0) is 16.4. The smallest absolute Gasteiger partial charge is 0.0659 e. The van der Waals surface area contributed by atoms with E-state index in [-0.39, 0.29) is 0 Å². The number of hydrogen-bond donors (Lipinski definition) is 3. The van der Waals surface area contributed by atoms with Crippen LogP contribution >= 0.6 is 0 Å². The third-order valence-corrected chi connectivity index (χ3v) is 4.07. The van der Waals surface area contributed by atoms with Crippen LogP contribution in [0.15, 0.2) is 48.5 Å². The molecule has 1 aliphatic heterocycles. The molecule has 0 bridgehead atoms. The Balaban J connectivity index is 2.28. The lowest BCUT2D eigenvalue weighted by Gasteiger charge is -2.31. The average Bonchev–Trinajstić information content (AvgIpc) is 2.56. The van der Waals surface area contributed by atoms with E-state index in [1.165, 1.54) is 5.56 Å². The average molecular weight is 308 g/mol. The second-order valence-electron chi connectivity index (χ2n) is 6.07. The van der Waals surface area contributed by atoms with Crippen molar-refractivity contribution < 1.29 is 0 Å². The molecule has 0 saturated heterocycles. The highest BCUT2D eigenvalue weighted by Gasteiger charge is 2.22. The molecule has 0 atom stereocenters. The SMILES string of the molecule is CNN1Cc2ccccc2/C(NC(C)C)=C(/N)c2ccccc21. The van der Waals surface area contributed by atoms with Crippen LogP contribution in [0.5, 0.6) is 0 Å². The molecule has 2 aromatic rings. The molecule has 0 saturated carbocycles. The Morgan fingerprint density at radius 2 is 1.65 bits per heavy atom. The van der Waals surface area contributed by atoms with E-state index >= 15 is 0 Å². The van der Waals surface area contributed by atoms with Crippen molar-refractivity contribution in [3.63, 3.8) is 0 Å². The summed E-state index contributed by atoms with van der Waals surface area (Å²) in [6, 6.07) is 17.0. The Hall–Kier alpha value is -2.46. The van der Waals surface area contributed by atoms with Crippen LogP contribution in [0, 0.1) is 0 Å². The summed E-state index contributed by atoms with van der Waals surface area (Å²) in [5, 5.41) is 5.68. The molecular weight excluding hydrogens is 284 g/mol. The third kappa shape index (κ3) is 2.90. The molecule has 0 spiro atoms. The summed E-state index contributed by atoms with van der Waals surface area (Å²) in [6.45, 7) is 5.04. The summed E-state index contributed by atoms with van der Waals surface area (Å²) in [5.41, 5.74) is 16.2. The standard InChI is InChI=1S/C19H24N4/c1-13(2)22-19-15-9-5-4-8-14(15)12-23(21-3)17-11-7-6-10-16(17)18(19)20/h4-11,13,21-22H,12,20H2,1-3H3/b19-18-. The van der Waals surface area contributed by atoms with Crippen LogP contribution in [0.1, 0.15) is 30.5 Å². The highest BCUT2D eigenvalue weighted by molar-refractivity contribution is 5.93. The minimum absolute atomic E-state index is 0.309. The van der Waals surface area contributed by atoms with Gasteiger partial charge in [0.05, 0.1) is 23.6 Å². The first-order valence-electron chi connectivity index (χ1n) is 8.00. The number of anilines is 1. The maximum atomic E-state index is 6.60. The van der Waals surface area contributed by atoms with Crippen molar-refractivity contribution in [1.29, 1.82) is 0 Å². The van der Waals surface area contributed by atoms with Gasteiger partial charge >= 0.3 is 0 Å². The van der Waals surface area contributed by atoms with E-state index in [4.69, 9.17) is 5.73 Å². The lowest BCUT2D eigenvalue weighted by molar-refractivity contribution is 0.691. The second-order valence-corrected chi connectivity index (χ2v) is 6.07. The van der Waals surface area contributed by atoms with Crippen molar-refractivity contribution in [2.24, 2.45) is 5.73 Å². The molecular formula is C19H24N4. The first-order valence-corrected chi connectivity index (χ1v) is 8.00. The van der Waals surface area contributed by atoms with E-state index in [0.29, 0.717) is 6.04 Å². The maximum absolute atomic E-state index is 6.60. The molecule has 0 aromatic heterocycles. The predicted octanol–water partition coefficient (Wildman–Crippen LogP) is 2.92. The van der Waals surface area contributed by atoms with Crippen LogP contribution in [0.2, 0.25) is 0 Å².